The van der Waals surface area contributed by atoms with Gasteiger partial charge in [-0.1, -0.05) is 0 Å². The van der Waals surface area contributed by atoms with Crippen LogP contribution in [0.15, 0.2) is 0 Å². The van der Waals surface area contributed by atoms with Crippen LogP contribution < -0.4 is 16.4 Å². The van der Waals surface area contributed by atoms with E-state index in [2.05, 4.69) is 15.6 Å². The van der Waals surface area contributed by atoms with Crippen molar-refractivity contribution in [1.29, 1.82) is 0 Å². The van der Waals surface area contributed by atoms with E-state index >= 15 is 0 Å². The fourth-order valence-corrected chi connectivity index (χ4v) is 3.83. The van der Waals surface area contributed by atoms with Crippen LogP contribution in [0.1, 0.15) is 34.8 Å². The average molecular weight is 280 g/mol. The number of carbonyl (C=O) groups excluding carboxylic acids is 1. The second-order valence-electron chi connectivity index (χ2n) is 5.36. The lowest BCUT2D eigenvalue weighted by molar-refractivity contribution is -0.122. The molecule has 1 aliphatic carbocycles. The highest BCUT2D eigenvalue weighted by Gasteiger charge is 2.27. The van der Waals surface area contributed by atoms with Crippen molar-refractivity contribution in [2.75, 3.05) is 6.54 Å². The van der Waals surface area contributed by atoms with Crippen LogP contribution >= 0.6 is 11.3 Å². The molecule has 0 unspecified atom stereocenters. The van der Waals surface area contributed by atoms with Crippen LogP contribution in [0.25, 0.3) is 0 Å². The van der Waals surface area contributed by atoms with E-state index in [1.54, 1.807) is 11.3 Å². The molecule has 1 aromatic heterocycles. The summed E-state index contributed by atoms with van der Waals surface area (Å²) in [6, 6.07) is -0.0347. The van der Waals surface area contributed by atoms with E-state index in [0.29, 0.717) is 6.54 Å². The molecular formula is C13H20N4OS. The molecule has 0 bridgehead atoms. The first kappa shape index (κ1) is 13.0. The SMILES string of the molecule is N[C@H]1CN[C@H](C(=O)NCc2nc3c(s2)CCCC3)C1. The highest BCUT2D eigenvalue weighted by molar-refractivity contribution is 7.11. The van der Waals surface area contributed by atoms with Gasteiger partial charge in [-0.3, -0.25) is 4.79 Å². The van der Waals surface area contributed by atoms with E-state index in [9.17, 15) is 4.79 Å². The molecule has 0 aromatic carbocycles. The maximum atomic E-state index is 12.0. The van der Waals surface area contributed by atoms with Gasteiger partial charge in [-0.15, -0.1) is 11.3 Å². The van der Waals surface area contributed by atoms with Gasteiger partial charge in [0, 0.05) is 17.5 Å². The highest BCUT2D eigenvalue weighted by Crippen LogP contribution is 2.26. The van der Waals surface area contributed by atoms with E-state index < -0.39 is 0 Å². The van der Waals surface area contributed by atoms with Crippen molar-refractivity contribution in [3.05, 3.63) is 15.6 Å². The molecular weight excluding hydrogens is 260 g/mol. The third kappa shape index (κ3) is 2.96. The first-order valence-corrected chi connectivity index (χ1v) is 7.78. The Balaban J connectivity index is 1.54. The van der Waals surface area contributed by atoms with E-state index in [-0.39, 0.29) is 18.0 Å². The summed E-state index contributed by atoms with van der Waals surface area (Å²) in [6.45, 7) is 1.27. The fourth-order valence-electron chi connectivity index (χ4n) is 2.73. The molecule has 4 N–H and O–H groups in total. The molecule has 2 atom stereocenters. The van der Waals surface area contributed by atoms with Gasteiger partial charge in [-0.2, -0.15) is 0 Å². The number of nitrogens with one attached hydrogen (secondary N) is 2. The van der Waals surface area contributed by atoms with Crippen molar-refractivity contribution in [3.8, 4) is 0 Å². The van der Waals surface area contributed by atoms with Crippen molar-refractivity contribution in [2.45, 2.75) is 50.7 Å². The molecule has 2 aliphatic rings. The molecule has 1 fully saturated rings. The highest BCUT2D eigenvalue weighted by atomic mass is 32.1. The van der Waals surface area contributed by atoms with Gasteiger partial charge in [-0.25, -0.2) is 4.98 Å². The van der Waals surface area contributed by atoms with Gasteiger partial charge in [0.25, 0.3) is 0 Å². The minimum Gasteiger partial charge on any atom is -0.348 e. The normalized spacial score (nSPS) is 26.2. The first-order chi connectivity index (χ1) is 9.22. The third-order valence-electron chi connectivity index (χ3n) is 3.79. The second kappa shape index (κ2) is 5.56. The zero-order valence-corrected chi connectivity index (χ0v) is 11.8. The van der Waals surface area contributed by atoms with Crippen molar-refractivity contribution in [2.24, 2.45) is 5.73 Å². The Morgan fingerprint density at radius 1 is 1.47 bits per heavy atom. The number of thiazole rings is 1. The maximum Gasteiger partial charge on any atom is 0.237 e. The summed E-state index contributed by atoms with van der Waals surface area (Å²) < 4.78 is 0. The summed E-state index contributed by atoms with van der Waals surface area (Å²) in [5.41, 5.74) is 7.03. The van der Waals surface area contributed by atoms with E-state index in [1.165, 1.54) is 23.4 Å². The quantitative estimate of drug-likeness (QED) is 0.745. The van der Waals surface area contributed by atoms with Crippen LogP contribution in [-0.2, 0) is 24.2 Å². The first-order valence-electron chi connectivity index (χ1n) is 6.96. The number of nitrogens with zero attached hydrogens (tertiary/aromatic N) is 1. The van der Waals surface area contributed by atoms with Crippen LogP contribution in [0.5, 0.6) is 0 Å². The summed E-state index contributed by atoms with van der Waals surface area (Å²) in [5.74, 6) is 0.0427. The van der Waals surface area contributed by atoms with E-state index in [0.717, 1.165) is 30.8 Å². The van der Waals surface area contributed by atoms with Gasteiger partial charge in [-0.05, 0) is 32.1 Å². The minimum atomic E-state index is -0.135. The summed E-state index contributed by atoms with van der Waals surface area (Å²) >= 11 is 1.75. The molecule has 1 aromatic rings. The Bertz CT molecular complexity index is 450. The Morgan fingerprint density at radius 2 is 2.32 bits per heavy atom. The molecule has 0 saturated carbocycles. The Hall–Kier alpha value is -0.980. The molecule has 1 amide bonds. The predicted octanol–water partition coefficient (Wildman–Crippen LogP) is 0.327. The van der Waals surface area contributed by atoms with Gasteiger partial charge in [0.15, 0.2) is 0 Å². The molecule has 1 saturated heterocycles. The molecule has 2 heterocycles. The largest absolute Gasteiger partial charge is 0.348 e. The van der Waals surface area contributed by atoms with E-state index in [4.69, 9.17) is 5.73 Å². The molecule has 5 nitrogen and oxygen atoms in total. The lowest BCUT2D eigenvalue weighted by Crippen LogP contribution is -2.40. The molecule has 1 aliphatic heterocycles. The summed E-state index contributed by atoms with van der Waals surface area (Å²) in [6.07, 6.45) is 5.48. The van der Waals surface area contributed by atoms with Crippen LogP contribution in [0.2, 0.25) is 0 Å². The van der Waals surface area contributed by atoms with Crippen LogP contribution in [0.4, 0.5) is 0 Å². The van der Waals surface area contributed by atoms with Crippen LogP contribution in [-0.4, -0.2) is 29.5 Å². The van der Waals surface area contributed by atoms with E-state index in [1.807, 2.05) is 0 Å². The maximum absolute atomic E-state index is 12.0. The van der Waals surface area contributed by atoms with Crippen molar-refractivity contribution >= 4 is 17.2 Å². The van der Waals surface area contributed by atoms with Gasteiger partial charge in [0.05, 0.1) is 18.3 Å². The molecule has 6 heteroatoms. The Labute approximate surface area is 117 Å². The van der Waals surface area contributed by atoms with Crippen molar-refractivity contribution in [3.63, 3.8) is 0 Å². The number of aryl methyl sites for hydroxylation is 2. The molecule has 19 heavy (non-hydrogen) atoms. The molecule has 0 spiro atoms. The average Bonchev–Trinajstić information content (AvgIpc) is 3.01. The molecule has 0 radical (unpaired) electrons. The van der Waals surface area contributed by atoms with Gasteiger partial charge >= 0.3 is 0 Å². The van der Waals surface area contributed by atoms with Crippen molar-refractivity contribution in [1.82, 2.24) is 15.6 Å². The predicted molar refractivity (Wildman–Crippen MR) is 75.0 cm³/mol. The third-order valence-corrected chi connectivity index (χ3v) is 4.94. The van der Waals surface area contributed by atoms with Crippen LogP contribution in [0.3, 0.4) is 0 Å². The summed E-state index contributed by atoms with van der Waals surface area (Å²) in [5, 5.41) is 7.13. The summed E-state index contributed by atoms with van der Waals surface area (Å²) in [7, 11) is 0. The summed E-state index contributed by atoms with van der Waals surface area (Å²) in [4.78, 5) is 18.0. The zero-order chi connectivity index (χ0) is 13.2. The standard InChI is InChI=1S/C13H20N4OS/c14-8-5-10(15-6-8)13(18)16-7-12-17-9-3-1-2-4-11(9)19-12/h8,10,15H,1-7,14H2,(H,16,18)/t8-,10+/m1/s1. The molecule has 104 valence electrons. The fraction of sp³-hybridized carbons (Fsp3) is 0.692. The number of amides is 1. The number of hydrogen-bond acceptors (Lipinski definition) is 5. The van der Waals surface area contributed by atoms with Crippen molar-refractivity contribution < 1.29 is 4.79 Å². The number of rotatable bonds is 3. The second-order valence-corrected chi connectivity index (χ2v) is 6.53. The van der Waals surface area contributed by atoms with Gasteiger partial charge < -0.3 is 16.4 Å². The topological polar surface area (TPSA) is 80.0 Å². The minimum absolute atomic E-state index is 0.0427. The van der Waals surface area contributed by atoms with Gasteiger partial charge in [0.1, 0.15) is 5.01 Å². The monoisotopic (exact) mass is 280 g/mol. The smallest absolute Gasteiger partial charge is 0.237 e. The Kier molecular flexibility index (Phi) is 3.81. The number of fused-ring (bicyclic) bond motifs is 1. The van der Waals surface area contributed by atoms with Crippen LogP contribution in [0, 0.1) is 0 Å². The number of carbonyl (C=O) groups is 1. The lowest BCUT2D eigenvalue weighted by atomic mass is 10.0. The lowest BCUT2D eigenvalue weighted by Gasteiger charge is -2.09. The Morgan fingerprint density at radius 3 is 3.05 bits per heavy atom. The number of aromatic nitrogens is 1. The molecule has 3 rings (SSSR count). The zero-order valence-electron chi connectivity index (χ0n) is 10.9. The number of nitrogens with two attached hydrogens (primary N) is 1. The number of hydrogen-bond donors (Lipinski definition) is 3. The van der Waals surface area contributed by atoms with Gasteiger partial charge in [0.2, 0.25) is 5.91 Å².